The van der Waals surface area contributed by atoms with Gasteiger partial charge in [-0.15, -0.1) is 0 Å². The molecule has 0 heterocycles. The summed E-state index contributed by atoms with van der Waals surface area (Å²) >= 11 is 0. The standard InChI is InChI=1S/C56H106O4/c1-4-7-9-11-13-15-17-19-21-23-25-29-33-37-44-50-55(57)59-52-46-40-35-31-27-28-32-36-42-48-54(6-3)49-43-39-41-47-53-60-56(58)51-45-38-34-30-26-24-22-20-18-16-14-12-10-8-5-2/h19-22,54H,4-18,23-53H2,1-3H3/b21-19-,22-20-. The SMILES string of the molecule is CCCCCCCC/C=C\CCCCCCCC(=O)OCCCCCCCCCCCC(CC)CCCCCCOC(=O)CCCCCCC/C=C\CCCCCCCC. The van der Waals surface area contributed by atoms with Gasteiger partial charge in [0.15, 0.2) is 0 Å². The van der Waals surface area contributed by atoms with Crippen LogP contribution in [0.3, 0.4) is 0 Å². The minimum atomic E-state index is 0.00629. The van der Waals surface area contributed by atoms with E-state index in [1.54, 1.807) is 0 Å². The maximum atomic E-state index is 12.1. The van der Waals surface area contributed by atoms with E-state index in [1.165, 1.54) is 231 Å². The molecule has 4 heteroatoms. The quantitative estimate of drug-likeness (QED) is 0.0348. The lowest BCUT2D eigenvalue weighted by Crippen LogP contribution is -2.05. The fourth-order valence-electron chi connectivity index (χ4n) is 8.41. The minimum absolute atomic E-state index is 0.00629. The van der Waals surface area contributed by atoms with Crippen LogP contribution in [-0.2, 0) is 19.1 Å². The van der Waals surface area contributed by atoms with E-state index in [0.29, 0.717) is 26.1 Å². The topological polar surface area (TPSA) is 52.6 Å². The molecule has 354 valence electrons. The van der Waals surface area contributed by atoms with E-state index >= 15 is 0 Å². The highest BCUT2D eigenvalue weighted by Gasteiger charge is 2.07. The van der Waals surface area contributed by atoms with Gasteiger partial charge in [-0.25, -0.2) is 0 Å². The Morgan fingerprint density at radius 2 is 0.600 bits per heavy atom. The largest absolute Gasteiger partial charge is 0.466 e. The van der Waals surface area contributed by atoms with Crippen molar-refractivity contribution in [2.24, 2.45) is 5.92 Å². The summed E-state index contributed by atoms with van der Waals surface area (Å²) in [4.78, 5) is 24.2. The summed E-state index contributed by atoms with van der Waals surface area (Å²) < 4.78 is 11.0. The number of hydrogen-bond donors (Lipinski definition) is 0. The van der Waals surface area contributed by atoms with Crippen molar-refractivity contribution in [3.05, 3.63) is 24.3 Å². The van der Waals surface area contributed by atoms with Crippen LogP contribution in [-0.4, -0.2) is 25.2 Å². The zero-order valence-electron chi connectivity index (χ0n) is 41.0. The zero-order chi connectivity index (χ0) is 43.5. The molecule has 1 atom stereocenters. The predicted molar refractivity (Wildman–Crippen MR) is 264 cm³/mol. The molecule has 0 aliphatic rings. The van der Waals surface area contributed by atoms with Gasteiger partial charge in [0.2, 0.25) is 0 Å². The van der Waals surface area contributed by atoms with Gasteiger partial charge in [-0.2, -0.15) is 0 Å². The van der Waals surface area contributed by atoms with E-state index < -0.39 is 0 Å². The van der Waals surface area contributed by atoms with E-state index in [1.807, 2.05) is 0 Å². The van der Waals surface area contributed by atoms with E-state index in [9.17, 15) is 9.59 Å². The van der Waals surface area contributed by atoms with Crippen molar-refractivity contribution in [3.8, 4) is 0 Å². The lowest BCUT2D eigenvalue weighted by atomic mass is 9.92. The van der Waals surface area contributed by atoms with Crippen LogP contribution in [0.4, 0.5) is 0 Å². The van der Waals surface area contributed by atoms with Gasteiger partial charge in [-0.3, -0.25) is 9.59 Å². The molecule has 0 fully saturated rings. The van der Waals surface area contributed by atoms with Gasteiger partial charge in [0.25, 0.3) is 0 Å². The second-order valence-corrected chi connectivity index (χ2v) is 18.6. The second kappa shape index (κ2) is 51.8. The van der Waals surface area contributed by atoms with Gasteiger partial charge >= 0.3 is 11.9 Å². The molecule has 0 saturated carbocycles. The van der Waals surface area contributed by atoms with E-state index in [2.05, 4.69) is 45.1 Å². The maximum absolute atomic E-state index is 12.1. The summed E-state index contributed by atoms with van der Waals surface area (Å²) in [5.41, 5.74) is 0. The zero-order valence-corrected chi connectivity index (χ0v) is 41.0. The molecular formula is C56H106O4. The lowest BCUT2D eigenvalue weighted by Gasteiger charge is -2.14. The maximum Gasteiger partial charge on any atom is 0.305 e. The number of rotatable bonds is 50. The Kier molecular flexibility index (Phi) is 50.4. The van der Waals surface area contributed by atoms with E-state index in [-0.39, 0.29) is 11.9 Å². The number of hydrogen-bond acceptors (Lipinski definition) is 4. The molecule has 0 bridgehead atoms. The number of ether oxygens (including phenoxy) is 2. The van der Waals surface area contributed by atoms with Crippen molar-refractivity contribution >= 4 is 11.9 Å². The van der Waals surface area contributed by atoms with Crippen LogP contribution in [0.1, 0.15) is 303 Å². The Bertz CT molecular complexity index is 909. The van der Waals surface area contributed by atoms with Crippen molar-refractivity contribution in [1.29, 1.82) is 0 Å². The van der Waals surface area contributed by atoms with Crippen molar-refractivity contribution < 1.29 is 19.1 Å². The monoisotopic (exact) mass is 843 g/mol. The Morgan fingerprint density at radius 1 is 0.333 bits per heavy atom. The fourth-order valence-corrected chi connectivity index (χ4v) is 8.41. The average molecular weight is 843 g/mol. The molecule has 0 aromatic carbocycles. The minimum Gasteiger partial charge on any atom is -0.466 e. The summed E-state index contributed by atoms with van der Waals surface area (Å²) in [5.74, 6) is 0.893. The van der Waals surface area contributed by atoms with Gasteiger partial charge < -0.3 is 9.47 Å². The first-order valence-electron chi connectivity index (χ1n) is 27.2. The number of esters is 2. The van der Waals surface area contributed by atoms with Crippen LogP contribution < -0.4 is 0 Å². The van der Waals surface area contributed by atoms with Crippen LogP contribution in [0, 0.1) is 5.92 Å². The first-order valence-corrected chi connectivity index (χ1v) is 27.2. The lowest BCUT2D eigenvalue weighted by molar-refractivity contribution is -0.144. The van der Waals surface area contributed by atoms with Gasteiger partial charge in [0, 0.05) is 12.8 Å². The molecule has 1 unspecified atom stereocenters. The summed E-state index contributed by atoms with van der Waals surface area (Å²) in [6.45, 7) is 8.13. The highest BCUT2D eigenvalue weighted by molar-refractivity contribution is 5.69. The Hall–Kier alpha value is -1.58. The van der Waals surface area contributed by atoms with Gasteiger partial charge in [0.1, 0.15) is 0 Å². The third-order valence-electron chi connectivity index (χ3n) is 12.7. The van der Waals surface area contributed by atoms with Crippen molar-refractivity contribution in [2.75, 3.05) is 13.2 Å². The summed E-state index contributed by atoms with van der Waals surface area (Å²) in [6, 6.07) is 0. The molecule has 0 rings (SSSR count). The Balaban J connectivity index is 3.40. The molecule has 0 amide bonds. The molecule has 0 aliphatic heterocycles. The molecule has 4 nitrogen and oxygen atoms in total. The van der Waals surface area contributed by atoms with Crippen LogP contribution in [0.25, 0.3) is 0 Å². The van der Waals surface area contributed by atoms with Crippen LogP contribution in [0.5, 0.6) is 0 Å². The van der Waals surface area contributed by atoms with Crippen LogP contribution >= 0.6 is 0 Å². The number of allylic oxidation sites excluding steroid dienone is 4. The van der Waals surface area contributed by atoms with Crippen molar-refractivity contribution in [3.63, 3.8) is 0 Å². The van der Waals surface area contributed by atoms with Gasteiger partial charge in [0.05, 0.1) is 13.2 Å². The molecule has 0 spiro atoms. The molecule has 0 aliphatic carbocycles. The molecule has 0 radical (unpaired) electrons. The Labute approximate surface area is 376 Å². The summed E-state index contributed by atoms with van der Waals surface area (Å²) in [6.07, 6.45) is 64.5. The number of carbonyl (C=O) groups is 2. The molecule has 0 aromatic rings. The predicted octanol–water partition coefficient (Wildman–Crippen LogP) is 19.0. The average Bonchev–Trinajstić information content (AvgIpc) is 3.25. The highest BCUT2D eigenvalue weighted by atomic mass is 16.5. The van der Waals surface area contributed by atoms with Crippen molar-refractivity contribution in [2.45, 2.75) is 303 Å². The van der Waals surface area contributed by atoms with Crippen molar-refractivity contribution in [1.82, 2.24) is 0 Å². The van der Waals surface area contributed by atoms with E-state index in [0.717, 1.165) is 44.4 Å². The summed E-state index contributed by atoms with van der Waals surface area (Å²) in [5, 5.41) is 0. The Morgan fingerprint density at radius 3 is 0.917 bits per heavy atom. The number of unbranched alkanes of at least 4 members (excludes halogenated alkanes) is 33. The molecule has 0 saturated heterocycles. The number of carbonyl (C=O) groups excluding carboxylic acids is 2. The van der Waals surface area contributed by atoms with E-state index in [4.69, 9.17) is 9.47 Å². The normalized spacial score (nSPS) is 12.2. The molecule has 0 aromatic heterocycles. The molecule has 0 N–H and O–H groups in total. The first kappa shape index (κ1) is 58.4. The second-order valence-electron chi connectivity index (χ2n) is 18.6. The fraction of sp³-hybridized carbons (Fsp3) is 0.893. The third-order valence-corrected chi connectivity index (χ3v) is 12.7. The first-order chi connectivity index (χ1) is 29.6. The van der Waals surface area contributed by atoms with Gasteiger partial charge in [-0.1, -0.05) is 238 Å². The molecule has 60 heavy (non-hydrogen) atoms. The summed E-state index contributed by atoms with van der Waals surface area (Å²) in [7, 11) is 0. The highest BCUT2D eigenvalue weighted by Crippen LogP contribution is 2.22. The third kappa shape index (κ3) is 49.1. The van der Waals surface area contributed by atoms with Gasteiger partial charge in [-0.05, 0) is 83.0 Å². The van der Waals surface area contributed by atoms with Crippen LogP contribution in [0.15, 0.2) is 24.3 Å². The smallest absolute Gasteiger partial charge is 0.305 e. The van der Waals surface area contributed by atoms with Crippen LogP contribution in [0.2, 0.25) is 0 Å². The molecular weight excluding hydrogens is 737 g/mol.